The van der Waals surface area contributed by atoms with Crippen LogP contribution in [0.5, 0.6) is 5.75 Å². The summed E-state index contributed by atoms with van der Waals surface area (Å²) in [6.45, 7) is 5.90. The van der Waals surface area contributed by atoms with Gasteiger partial charge in [-0.2, -0.15) is 0 Å². The van der Waals surface area contributed by atoms with Crippen molar-refractivity contribution in [2.24, 2.45) is 0 Å². The highest BCUT2D eigenvalue weighted by Crippen LogP contribution is 2.23. The minimum atomic E-state index is -0.732. The lowest BCUT2D eigenvalue weighted by Crippen LogP contribution is -2.42. The number of rotatable bonds is 17. The number of hydrogen-bond donors (Lipinski definition) is 0. The first kappa shape index (κ1) is 32.4. The summed E-state index contributed by atoms with van der Waals surface area (Å²) in [4.78, 5) is 35.4. The van der Waals surface area contributed by atoms with Crippen LogP contribution in [0.1, 0.15) is 110 Å². The van der Waals surface area contributed by atoms with Gasteiger partial charge in [0, 0.05) is 50.3 Å². The molecule has 2 heterocycles. The third-order valence-electron chi connectivity index (χ3n) is 7.53. The number of carbonyl (C=O) groups excluding carboxylic acids is 2. The van der Waals surface area contributed by atoms with Crippen LogP contribution in [-0.2, 0) is 15.9 Å². The third kappa shape index (κ3) is 12.5. The SMILES string of the molecule is CCCCCCCCOC(=O)N1CCC(OC(=O)Oc2ccc(-c3cnc(CCCCCCCC)nc3)cc2)CC1. The number of benzene rings is 1. The van der Waals surface area contributed by atoms with Crippen LogP contribution in [0.2, 0.25) is 0 Å². The number of nitrogens with zero attached hydrogens (tertiary/aromatic N) is 3. The second-order valence-electron chi connectivity index (χ2n) is 11.0. The number of unbranched alkanes of at least 4 members (excludes halogenated alkanes) is 10. The molecule has 0 bridgehead atoms. The van der Waals surface area contributed by atoms with Crippen molar-refractivity contribution >= 4 is 12.2 Å². The molecule has 41 heavy (non-hydrogen) atoms. The van der Waals surface area contributed by atoms with Gasteiger partial charge in [-0.25, -0.2) is 19.6 Å². The first-order valence-electron chi connectivity index (χ1n) is 15.8. The molecule has 1 fully saturated rings. The van der Waals surface area contributed by atoms with Crippen molar-refractivity contribution in [1.29, 1.82) is 0 Å². The quantitative estimate of drug-likeness (QED) is 0.107. The number of ether oxygens (including phenoxy) is 3. The Morgan fingerprint density at radius 3 is 2.00 bits per heavy atom. The van der Waals surface area contributed by atoms with Crippen molar-refractivity contribution in [3.8, 4) is 16.9 Å². The van der Waals surface area contributed by atoms with Crippen molar-refractivity contribution in [2.45, 2.75) is 116 Å². The maximum absolute atomic E-state index is 12.3. The smallest absolute Gasteiger partial charge is 0.449 e. The van der Waals surface area contributed by atoms with Gasteiger partial charge in [-0.15, -0.1) is 0 Å². The monoisotopic (exact) mass is 567 g/mol. The number of aromatic nitrogens is 2. The standard InChI is InChI=1S/C33H49N3O5/c1-3-5-7-9-11-13-15-31-34-25-28(26-35-31)27-16-18-29(19-17-27)40-33(38)41-30-20-22-36(23-21-30)32(37)39-24-14-12-10-8-6-4-2/h16-19,25-26,30H,3-15,20-24H2,1-2H3. The van der Waals surface area contributed by atoms with Crippen LogP contribution in [-0.4, -0.2) is 52.9 Å². The van der Waals surface area contributed by atoms with Crippen LogP contribution < -0.4 is 4.74 Å². The molecule has 0 spiro atoms. The zero-order valence-electron chi connectivity index (χ0n) is 25.2. The molecule has 1 saturated heterocycles. The van der Waals surface area contributed by atoms with Crippen LogP contribution >= 0.6 is 0 Å². The average Bonchev–Trinajstić information content (AvgIpc) is 2.99. The van der Waals surface area contributed by atoms with E-state index in [4.69, 9.17) is 14.2 Å². The molecule has 1 amide bonds. The molecule has 1 aliphatic heterocycles. The predicted octanol–water partition coefficient (Wildman–Crippen LogP) is 8.52. The first-order valence-corrected chi connectivity index (χ1v) is 15.8. The van der Waals surface area contributed by atoms with E-state index in [1.165, 1.54) is 57.8 Å². The number of carbonyl (C=O) groups is 2. The number of likely N-dealkylation sites (tertiary alicyclic amines) is 1. The number of piperidine rings is 1. The number of amides is 1. The Bertz CT molecular complexity index is 1000. The van der Waals surface area contributed by atoms with Crippen molar-refractivity contribution in [3.05, 3.63) is 42.5 Å². The fourth-order valence-electron chi connectivity index (χ4n) is 4.96. The number of hydrogen-bond acceptors (Lipinski definition) is 7. The van der Waals surface area contributed by atoms with E-state index in [0.717, 1.165) is 42.6 Å². The average molecular weight is 568 g/mol. The molecule has 0 unspecified atom stereocenters. The van der Waals surface area contributed by atoms with Crippen molar-refractivity contribution < 1.29 is 23.8 Å². The maximum Gasteiger partial charge on any atom is 0.514 e. The van der Waals surface area contributed by atoms with Gasteiger partial charge < -0.3 is 19.1 Å². The lowest BCUT2D eigenvalue weighted by atomic mass is 10.1. The highest BCUT2D eigenvalue weighted by atomic mass is 16.7. The summed E-state index contributed by atoms with van der Waals surface area (Å²) in [7, 11) is 0. The molecule has 8 nitrogen and oxygen atoms in total. The summed E-state index contributed by atoms with van der Waals surface area (Å²) in [6.07, 6.45) is 18.9. The third-order valence-corrected chi connectivity index (χ3v) is 7.53. The lowest BCUT2D eigenvalue weighted by molar-refractivity contribution is 0.0217. The largest absolute Gasteiger partial charge is 0.514 e. The molecular weight excluding hydrogens is 518 g/mol. The van der Waals surface area contributed by atoms with Crippen molar-refractivity contribution in [3.63, 3.8) is 0 Å². The van der Waals surface area contributed by atoms with E-state index < -0.39 is 6.16 Å². The van der Waals surface area contributed by atoms with Crippen LogP contribution in [0.15, 0.2) is 36.7 Å². The molecule has 0 atom stereocenters. The van der Waals surface area contributed by atoms with Crippen molar-refractivity contribution in [2.75, 3.05) is 19.7 Å². The Labute approximate surface area is 246 Å². The molecule has 0 saturated carbocycles. The molecule has 226 valence electrons. The molecule has 1 aromatic heterocycles. The van der Waals surface area contributed by atoms with Crippen LogP contribution in [0.3, 0.4) is 0 Å². The van der Waals surface area contributed by atoms with E-state index in [1.807, 2.05) is 24.5 Å². The Morgan fingerprint density at radius 2 is 1.37 bits per heavy atom. The molecule has 8 heteroatoms. The minimum Gasteiger partial charge on any atom is -0.449 e. The topological polar surface area (TPSA) is 90.8 Å². The zero-order chi connectivity index (χ0) is 29.1. The molecule has 1 aromatic carbocycles. The van der Waals surface area contributed by atoms with Gasteiger partial charge in [-0.3, -0.25) is 0 Å². The van der Waals surface area contributed by atoms with E-state index >= 15 is 0 Å². The lowest BCUT2D eigenvalue weighted by Gasteiger charge is -2.30. The molecule has 0 N–H and O–H groups in total. The van der Waals surface area contributed by atoms with Crippen LogP contribution in [0.25, 0.3) is 11.1 Å². The first-order chi connectivity index (χ1) is 20.1. The highest BCUT2D eigenvalue weighted by Gasteiger charge is 2.26. The predicted molar refractivity (Wildman–Crippen MR) is 161 cm³/mol. The Balaban J connectivity index is 1.31. The summed E-state index contributed by atoms with van der Waals surface area (Å²) in [5.74, 6) is 1.29. The van der Waals surface area contributed by atoms with Crippen molar-refractivity contribution in [1.82, 2.24) is 14.9 Å². The summed E-state index contributed by atoms with van der Waals surface area (Å²) in [6, 6.07) is 7.24. The minimum absolute atomic E-state index is 0.280. The summed E-state index contributed by atoms with van der Waals surface area (Å²) < 4.78 is 16.3. The normalized spacial score (nSPS) is 13.7. The molecule has 2 aromatic rings. The molecular formula is C33H49N3O5. The van der Waals surface area contributed by atoms with E-state index in [1.54, 1.807) is 17.0 Å². The second-order valence-corrected chi connectivity index (χ2v) is 11.0. The van der Waals surface area contributed by atoms with E-state index in [0.29, 0.717) is 38.3 Å². The van der Waals surface area contributed by atoms with E-state index in [9.17, 15) is 9.59 Å². The Morgan fingerprint density at radius 1 is 0.780 bits per heavy atom. The molecule has 1 aliphatic rings. The fourth-order valence-corrected chi connectivity index (χ4v) is 4.96. The van der Waals surface area contributed by atoms with Gasteiger partial charge in [-0.05, 0) is 30.5 Å². The van der Waals surface area contributed by atoms with Gasteiger partial charge in [-0.1, -0.05) is 90.2 Å². The maximum atomic E-state index is 12.3. The van der Waals surface area contributed by atoms with E-state index in [-0.39, 0.29) is 12.2 Å². The van der Waals surface area contributed by atoms with Crippen LogP contribution in [0, 0.1) is 0 Å². The highest BCUT2D eigenvalue weighted by molar-refractivity contribution is 5.68. The molecule has 0 aliphatic carbocycles. The number of aryl methyl sites for hydroxylation is 1. The zero-order valence-corrected chi connectivity index (χ0v) is 25.2. The van der Waals surface area contributed by atoms with Gasteiger partial charge >= 0.3 is 12.2 Å². The Kier molecular flexibility index (Phi) is 15.0. The van der Waals surface area contributed by atoms with Gasteiger partial charge in [0.05, 0.1) is 6.61 Å². The van der Waals surface area contributed by atoms with Gasteiger partial charge in [0.25, 0.3) is 0 Å². The van der Waals surface area contributed by atoms with Gasteiger partial charge in [0.1, 0.15) is 17.7 Å². The second kappa shape index (κ2) is 19.1. The van der Waals surface area contributed by atoms with E-state index in [2.05, 4.69) is 23.8 Å². The van der Waals surface area contributed by atoms with Gasteiger partial charge in [0.15, 0.2) is 0 Å². The summed E-state index contributed by atoms with van der Waals surface area (Å²) in [5, 5.41) is 0. The van der Waals surface area contributed by atoms with Crippen LogP contribution in [0.4, 0.5) is 9.59 Å². The fraction of sp³-hybridized carbons (Fsp3) is 0.636. The summed E-state index contributed by atoms with van der Waals surface area (Å²) >= 11 is 0. The molecule has 3 rings (SSSR count). The Hall–Kier alpha value is -3.16. The molecule has 0 radical (unpaired) electrons. The summed E-state index contributed by atoms with van der Waals surface area (Å²) in [5.41, 5.74) is 1.87. The van der Waals surface area contributed by atoms with Gasteiger partial charge in [0.2, 0.25) is 0 Å².